The topological polar surface area (TPSA) is 67.4 Å². The molecule has 0 heterocycles. The van der Waals surface area contributed by atoms with E-state index in [0.717, 1.165) is 5.56 Å². The van der Waals surface area contributed by atoms with Gasteiger partial charge in [-0.25, -0.2) is 0 Å². The molecule has 0 aliphatic carbocycles. The lowest BCUT2D eigenvalue weighted by atomic mass is 10.1. The van der Waals surface area contributed by atoms with Gasteiger partial charge in [0.2, 0.25) is 0 Å². The van der Waals surface area contributed by atoms with Crippen molar-refractivity contribution in [2.24, 2.45) is 0 Å². The number of carbonyl (C=O) groups is 2. The first-order valence-corrected chi connectivity index (χ1v) is 9.12. The summed E-state index contributed by atoms with van der Waals surface area (Å²) in [5, 5.41) is 5.71. The second kappa shape index (κ2) is 9.37. The Hall–Kier alpha value is -3.60. The van der Waals surface area contributed by atoms with Crippen LogP contribution >= 0.6 is 0 Å². The normalized spacial score (nSPS) is 10.2. The summed E-state index contributed by atoms with van der Waals surface area (Å²) >= 11 is 0. The highest BCUT2D eigenvalue weighted by Crippen LogP contribution is 2.20. The van der Waals surface area contributed by atoms with E-state index in [-0.39, 0.29) is 11.8 Å². The van der Waals surface area contributed by atoms with E-state index >= 15 is 0 Å². The van der Waals surface area contributed by atoms with Crippen molar-refractivity contribution in [2.45, 2.75) is 13.5 Å². The van der Waals surface area contributed by atoms with Crippen LogP contribution in [0.1, 0.15) is 33.2 Å². The van der Waals surface area contributed by atoms with Crippen molar-refractivity contribution in [3.8, 4) is 5.75 Å². The van der Waals surface area contributed by atoms with Gasteiger partial charge >= 0.3 is 0 Å². The average Bonchev–Trinajstić information content (AvgIpc) is 2.73. The maximum absolute atomic E-state index is 12.6. The van der Waals surface area contributed by atoms with E-state index in [4.69, 9.17) is 4.74 Å². The van der Waals surface area contributed by atoms with Gasteiger partial charge in [0, 0.05) is 17.8 Å². The summed E-state index contributed by atoms with van der Waals surface area (Å²) in [7, 11) is 0. The molecule has 5 nitrogen and oxygen atoms in total. The number of amides is 2. The third-order valence-corrected chi connectivity index (χ3v) is 4.11. The van der Waals surface area contributed by atoms with E-state index in [9.17, 15) is 9.59 Å². The average molecular weight is 374 g/mol. The molecule has 0 radical (unpaired) electrons. The van der Waals surface area contributed by atoms with Crippen LogP contribution in [0.2, 0.25) is 0 Å². The molecule has 2 N–H and O–H groups in total. The highest BCUT2D eigenvalue weighted by atomic mass is 16.5. The number of anilines is 1. The predicted molar refractivity (Wildman–Crippen MR) is 110 cm³/mol. The number of para-hydroxylation sites is 1. The fourth-order valence-electron chi connectivity index (χ4n) is 2.75. The summed E-state index contributed by atoms with van der Waals surface area (Å²) in [6, 6.07) is 23.6. The van der Waals surface area contributed by atoms with E-state index < -0.39 is 0 Å². The molecule has 0 aromatic heterocycles. The fourth-order valence-corrected chi connectivity index (χ4v) is 2.75. The Balaban J connectivity index is 1.67. The van der Waals surface area contributed by atoms with Gasteiger partial charge < -0.3 is 15.4 Å². The summed E-state index contributed by atoms with van der Waals surface area (Å²) < 4.78 is 5.51. The third kappa shape index (κ3) is 4.98. The number of hydrogen-bond acceptors (Lipinski definition) is 3. The van der Waals surface area contributed by atoms with Crippen LogP contribution in [0.25, 0.3) is 0 Å². The Morgan fingerprint density at radius 3 is 2.39 bits per heavy atom. The largest absolute Gasteiger partial charge is 0.493 e. The highest BCUT2D eigenvalue weighted by Gasteiger charge is 2.13. The minimum Gasteiger partial charge on any atom is -0.493 e. The van der Waals surface area contributed by atoms with Crippen molar-refractivity contribution in [3.05, 3.63) is 95.6 Å². The second-order valence-corrected chi connectivity index (χ2v) is 6.13. The van der Waals surface area contributed by atoms with Crippen molar-refractivity contribution >= 4 is 17.5 Å². The molecule has 3 aromatic carbocycles. The van der Waals surface area contributed by atoms with Crippen molar-refractivity contribution in [2.75, 3.05) is 11.9 Å². The van der Waals surface area contributed by atoms with Crippen LogP contribution in [-0.2, 0) is 6.54 Å². The quantitative estimate of drug-likeness (QED) is 0.649. The minimum absolute atomic E-state index is 0.199. The Labute approximate surface area is 164 Å². The van der Waals surface area contributed by atoms with Gasteiger partial charge in [-0.05, 0) is 42.8 Å². The van der Waals surface area contributed by atoms with E-state index in [1.807, 2.05) is 43.3 Å². The van der Waals surface area contributed by atoms with Gasteiger partial charge in [0.05, 0.1) is 12.2 Å². The van der Waals surface area contributed by atoms with Gasteiger partial charge in [-0.15, -0.1) is 0 Å². The first-order chi connectivity index (χ1) is 13.7. The van der Waals surface area contributed by atoms with Gasteiger partial charge in [0.15, 0.2) is 0 Å². The molecular formula is C23H22N2O3. The van der Waals surface area contributed by atoms with Gasteiger partial charge in [-0.2, -0.15) is 0 Å². The number of benzene rings is 3. The van der Waals surface area contributed by atoms with Gasteiger partial charge in [0.25, 0.3) is 11.8 Å². The predicted octanol–water partition coefficient (Wildman–Crippen LogP) is 4.27. The Morgan fingerprint density at radius 1 is 0.857 bits per heavy atom. The molecule has 3 aromatic rings. The van der Waals surface area contributed by atoms with Crippen LogP contribution < -0.4 is 15.4 Å². The number of hydrogen-bond donors (Lipinski definition) is 2. The van der Waals surface area contributed by atoms with Gasteiger partial charge in [0.1, 0.15) is 5.75 Å². The van der Waals surface area contributed by atoms with Crippen LogP contribution in [0.4, 0.5) is 5.69 Å². The first-order valence-electron chi connectivity index (χ1n) is 9.12. The van der Waals surface area contributed by atoms with Crippen LogP contribution in [0.5, 0.6) is 5.75 Å². The summed E-state index contributed by atoms with van der Waals surface area (Å²) in [5.41, 5.74) is 2.49. The van der Waals surface area contributed by atoms with Crippen molar-refractivity contribution < 1.29 is 14.3 Å². The van der Waals surface area contributed by atoms with Gasteiger partial charge in [-0.3, -0.25) is 9.59 Å². The van der Waals surface area contributed by atoms with E-state index in [1.54, 1.807) is 42.5 Å². The Morgan fingerprint density at radius 2 is 1.61 bits per heavy atom. The molecule has 0 unspecified atom stereocenters. The van der Waals surface area contributed by atoms with E-state index in [0.29, 0.717) is 35.7 Å². The molecule has 5 heteroatoms. The molecule has 142 valence electrons. The Kier molecular flexibility index (Phi) is 6.41. The maximum atomic E-state index is 12.6. The molecule has 28 heavy (non-hydrogen) atoms. The third-order valence-electron chi connectivity index (χ3n) is 4.11. The molecule has 0 aliphatic rings. The zero-order valence-corrected chi connectivity index (χ0v) is 15.6. The smallest absolute Gasteiger partial charge is 0.259 e. The molecule has 0 bridgehead atoms. The molecular weight excluding hydrogens is 352 g/mol. The lowest BCUT2D eigenvalue weighted by Gasteiger charge is -2.11. The molecule has 0 saturated carbocycles. The summed E-state index contributed by atoms with van der Waals surface area (Å²) in [6.07, 6.45) is 0. The van der Waals surface area contributed by atoms with Crippen LogP contribution in [0, 0.1) is 0 Å². The second-order valence-electron chi connectivity index (χ2n) is 6.13. The minimum atomic E-state index is -0.286. The maximum Gasteiger partial charge on any atom is 0.259 e. The molecule has 0 saturated heterocycles. The molecule has 0 aliphatic heterocycles. The number of carbonyl (C=O) groups excluding carboxylic acids is 2. The van der Waals surface area contributed by atoms with Crippen molar-refractivity contribution in [1.82, 2.24) is 5.32 Å². The van der Waals surface area contributed by atoms with Crippen molar-refractivity contribution in [1.29, 1.82) is 0 Å². The van der Waals surface area contributed by atoms with Crippen LogP contribution in [0.3, 0.4) is 0 Å². The number of nitrogens with one attached hydrogen (secondary N) is 2. The van der Waals surface area contributed by atoms with Crippen LogP contribution in [-0.4, -0.2) is 18.4 Å². The lowest BCUT2D eigenvalue weighted by molar-refractivity contribution is 0.0949. The SMILES string of the molecule is CCOc1ccccc1C(=O)Nc1cccc(C(=O)NCc2ccccc2)c1. The summed E-state index contributed by atoms with van der Waals surface area (Å²) in [5.74, 6) is 0.0415. The summed E-state index contributed by atoms with van der Waals surface area (Å²) in [6.45, 7) is 2.78. The van der Waals surface area contributed by atoms with Crippen LogP contribution in [0.15, 0.2) is 78.9 Å². The van der Waals surface area contributed by atoms with Gasteiger partial charge in [-0.1, -0.05) is 48.5 Å². The molecule has 0 atom stereocenters. The first kappa shape index (κ1) is 19.2. The molecule has 0 spiro atoms. The number of rotatable bonds is 7. The molecule has 0 fully saturated rings. The molecule has 3 rings (SSSR count). The lowest BCUT2D eigenvalue weighted by Crippen LogP contribution is -2.23. The zero-order chi connectivity index (χ0) is 19.8. The Bertz CT molecular complexity index is 955. The molecule has 2 amide bonds. The fraction of sp³-hybridized carbons (Fsp3) is 0.130. The van der Waals surface area contributed by atoms with E-state index in [1.165, 1.54) is 0 Å². The summed E-state index contributed by atoms with van der Waals surface area (Å²) in [4.78, 5) is 25.0. The zero-order valence-electron chi connectivity index (χ0n) is 15.6. The standard InChI is InChI=1S/C23H22N2O3/c1-2-28-21-14-7-6-13-20(21)23(27)25-19-12-8-11-18(15-19)22(26)24-16-17-9-4-3-5-10-17/h3-15H,2,16H2,1H3,(H,24,26)(H,25,27). The van der Waals surface area contributed by atoms with Crippen molar-refractivity contribution in [3.63, 3.8) is 0 Å². The highest BCUT2D eigenvalue weighted by molar-refractivity contribution is 6.06. The van der Waals surface area contributed by atoms with E-state index in [2.05, 4.69) is 10.6 Å². The monoisotopic (exact) mass is 374 g/mol. The number of ether oxygens (including phenoxy) is 1.